The summed E-state index contributed by atoms with van der Waals surface area (Å²) in [5.74, 6) is -0.313. The maximum atomic E-state index is 13.0. The third-order valence-corrected chi connectivity index (χ3v) is 5.21. The van der Waals surface area contributed by atoms with Crippen LogP contribution in [0.25, 0.3) is 0 Å². The van der Waals surface area contributed by atoms with Crippen molar-refractivity contribution in [1.29, 1.82) is 0 Å². The van der Waals surface area contributed by atoms with Gasteiger partial charge in [0.2, 0.25) is 0 Å². The molecular weight excluding hydrogens is 361 g/mol. The first-order valence-corrected chi connectivity index (χ1v) is 8.17. The zero-order chi connectivity index (χ0) is 20.9. The molecular formula is C12H22B4F6N2O2. The standard InChI is InChI=1S/C12H22B4F6N2O2/c1-8(2,3)23-4-5-24(9(14,15)6(23)13)7(25)26-10(16,11(17,18)19)12(20,21)22/h6H,4-5,13-16H2,1-3H3. The summed E-state index contributed by atoms with van der Waals surface area (Å²) in [5.41, 5.74) is -4.85. The Bertz CT molecular complexity index is 535. The number of rotatable bonds is 1. The molecule has 1 atom stereocenters. The van der Waals surface area contributed by atoms with Gasteiger partial charge in [-0.15, -0.1) is 0 Å². The predicted molar refractivity (Wildman–Crippen MR) is 95.2 cm³/mol. The molecule has 0 N–H and O–H groups in total. The van der Waals surface area contributed by atoms with Gasteiger partial charge in [0.1, 0.15) is 23.5 Å². The van der Waals surface area contributed by atoms with Gasteiger partial charge in [-0.1, -0.05) is 0 Å². The molecule has 0 spiro atoms. The molecule has 0 aromatic heterocycles. The molecule has 0 saturated carbocycles. The Balaban J connectivity index is 3.15. The molecule has 1 heterocycles. The van der Waals surface area contributed by atoms with E-state index in [1.165, 1.54) is 0 Å². The first-order chi connectivity index (χ1) is 11.3. The molecule has 1 amide bonds. The molecule has 1 fully saturated rings. The number of piperazine rings is 1. The molecule has 1 unspecified atom stereocenters. The lowest BCUT2D eigenvalue weighted by molar-refractivity contribution is -0.331. The van der Waals surface area contributed by atoms with E-state index in [1.807, 2.05) is 25.7 Å². The van der Waals surface area contributed by atoms with Crippen molar-refractivity contribution in [2.75, 3.05) is 13.1 Å². The second kappa shape index (κ2) is 6.60. The zero-order valence-electron chi connectivity index (χ0n) is 16.0. The van der Waals surface area contributed by atoms with Gasteiger partial charge in [-0.05, 0) is 32.1 Å². The average Bonchev–Trinajstić information content (AvgIpc) is 2.37. The van der Waals surface area contributed by atoms with Crippen molar-refractivity contribution in [2.45, 2.75) is 55.4 Å². The number of amides is 1. The van der Waals surface area contributed by atoms with Crippen molar-refractivity contribution in [1.82, 2.24) is 9.80 Å². The highest BCUT2D eigenvalue weighted by molar-refractivity contribution is 6.44. The number of carbonyl (C=O) groups is 1. The molecule has 4 nitrogen and oxygen atoms in total. The maximum Gasteiger partial charge on any atom is 0.428 e. The Labute approximate surface area is 152 Å². The first kappa shape index (κ1) is 23.1. The Morgan fingerprint density at radius 3 is 1.81 bits per heavy atom. The number of ether oxygens (including phenoxy) is 1. The van der Waals surface area contributed by atoms with Crippen LogP contribution >= 0.6 is 0 Å². The fourth-order valence-electron chi connectivity index (χ4n) is 3.05. The molecule has 0 radical (unpaired) electrons. The van der Waals surface area contributed by atoms with E-state index < -0.39 is 29.3 Å². The zero-order valence-corrected chi connectivity index (χ0v) is 16.0. The minimum Gasteiger partial charge on any atom is -0.433 e. The fourth-order valence-corrected chi connectivity index (χ4v) is 3.05. The van der Waals surface area contributed by atoms with Crippen LogP contribution in [0.1, 0.15) is 20.8 Å². The van der Waals surface area contributed by atoms with Crippen LogP contribution in [0, 0.1) is 0 Å². The number of hydrogen-bond acceptors (Lipinski definition) is 3. The van der Waals surface area contributed by atoms with Gasteiger partial charge in [-0.3, -0.25) is 0 Å². The normalized spacial score (nSPS) is 23.0. The van der Waals surface area contributed by atoms with Gasteiger partial charge in [-0.2, -0.15) is 26.3 Å². The van der Waals surface area contributed by atoms with Gasteiger partial charge < -0.3 is 14.5 Å². The third kappa shape index (κ3) is 3.99. The summed E-state index contributed by atoms with van der Waals surface area (Å²) in [7, 11) is 4.79. The van der Waals surface area contributed by atoms with Crippen molar-refractivity contribution in [3.8, 4) is 0 Å². The topological polar surface area (TPSA) is 32.8 Å². The fraction of sp³-hybridized carbons (Fsp3) is 0.917. The summed E-state index contributed by atoms with van der Waals surface area (Å²) in [5, 5.41) is -1.03. The maximum absolute atomic E-state index is 13.0. The highest BCUT2D eigenvalue weighted by Gasteiger charge is 2.71. The van der Waals surface area contributed by atoms with Gasteiger partial charge >= 0.3 is 18.4 Å². The molecule has 0 aromatic rings. The summed E-state index contributed by atoms with van der Waals surface area (Å²) in [4.78, 5) is 15.3. The lowest BCUT2D eigenvalue weighted by atomic mass is 9.50. The Morgan fingerprint density at radius 1 is 1.04 bits per heavy atom. The van der Waals surface area contributed by atoms with E-state index in [2.05, 4.69) is 4.74 Å². The predicted octanol–water partition coefficient (Wildman–Crippen LogP) is -1.13. The second-order valence-electron chi connectivity index (χ2n) is 8.24. The molecule has 1 aliphatic heterocycles. The monoisotopic (exact) mass is 384 g/mol. The van der Waals surface area contributed by atoms with Crippen LogP contribution in [0.5, 0.6) is 0 Å². The van der Waals surface area contributed by atoms with Gasteiger partial charge in [0.15, 0.2) is 7.85 Å². The van der Waals surface area contributed by atoms with E-state index in [0.29, 0.717) is 6.54 Å². The molecule has 1 rings (SSSR count). The lowest BCUT2D eigenvalue weighted by Gasteiger charge is -2.56. The van der Waals surface area contributed by atoms with E-state index in [-0.39, 0.29) is 25.9 Å². The number of hydrogen-bond donors (Lipinski definition) is 0. The van der Waals surface area contributed by atoms with Gasteiger partial charge in [0.25, 0.3) is 5.50 Å². The largest absolute Gasteiger partial charge is 0.433 e. The highest BCUT2D eigenvalue weighted by atomic mass is 19.4. The Morgan fingerprint density at radius 2 is 1.46 bits per heavy atom. The molecule has 1 saturated heterocycles. The summed E-state index contributed by atoms with van der Waals surface area (Å²) in [6.45, 7) is 6.09. The highest BCUT2D eigenvalue weighted by Crippen LogP contribution is 2.44. The number of nitrogens with zero attached hydrogens (tertiary/aromatic N) is 2. The first-order valence-electron chi connectivity index (χ1n) is 8.17. The molecule has 146 valence electrons. The molecule has 0 aromatic carbocycles. The van der Waals surface area contributed by atoms with Crippen LogP contribution < -0.4 is 0 Å². The molecule has 26 heavy (non-hydrogen) atoms. The summed E-state index contributed by atoms with van der Waals surface area (Å²) in [6.07, 6.45) is -13.2. The SMILES string of the molecule is BC1N(C(C)(C)C)CCN(C(=O)OC(B)(C(F)(F)F)C(F)(F)F)C1(B)B. The Kier molecular flexibility index (Phi) is 5.86. The molecule has 1 aliphatic rings. The molecule has 0 bridgehead atoms. The van der Waals surface area contributed by atoms with Crippen LogP contribution in [0.2, 0.25) is 0 Å². The van der Waals surface area contributed by atoms with Crippen LogP contribution in [-0.2, 0) is 4.74 Å². The van der Waals surface area contributed by atoms with Crippen LogP contribution in [0.4, 0.5) is 31.1 Å². The summed E-state index contributed by atoms with van der Waals surface area (Å²) < 4.78 is 82.0. The average molecular weight is 384 g/mol. The van der Waals surface area contributed by atoms with Crippen molar-refractivity contribution in [2.24, 2.45) is 0 Å². The smallest absolute Gasteiger partial charge is 0.428 e. The van der Waals surface area contributed by atoms with E-state index in [4.69, 9.17) is 0 Å². The van der Waals surface area contributed by atoms with Gasteiger partial charge in [0.05, 0.1) is 0 Å². The minimum absolute atomic E-state index is 0.0424. The molecule has 0 aliphatic carbocycles. The third-order valence-electron chi connectivity index (χ3n) is 5.21. The van der Waals surface area contributed by atoms with Crippen molar-refractivity contribution < 1.29 is 35.9 Å². The van der Waals surface area contributed by atoms with Crippen LogP contribution in [0.15, 0.2) is 0 Å². The number of halogens is 6. The van der Waals surface area contributed by atoms with E-state index >= 15 is 0 Å². The Hall–Kier alpha value is -0.930. The van der Waals surface area contributed by atoms with E-state index in [0.717, 1.165) is 4.90 Å². The number of carbonyl (C=O) groups excluding carboxylic acids is 1. The quantitative estimate of drug-likeness (QED) is 0.425. The van der Waals surface area contributed by atoms with Crippen LogP contribution in [0.3, 0.4) is 0 Å². The van der Waals surface area contributed by atoms with Gasteiger partial charge in [0, 0.05) is 18.6 Å². The summed E-state index contributed by atoms with van der Waals surface area (Å²) >= 11 is 0. The molecule has 14 heteroatoms. The van der Waals surface area contributed by atoms with E-state index in [9.17, 15) is 31.1 Å². The van der Waals surface area contributed by atoms with Gasteiger partial charge in [-0.25, -0.2) is 4.79 Å². The van der Waals surface area contributed by atoms with Crippen LogP contribution in [-0.4, -0.2) is 95.0 Å². The van der Waals surface area contributed by atoms with Crippen molar-refractivity contribution in [3.63, 3.8) is 0 Å². The summed E-state index contributed by atoms with van der Waals surface area (Å²) in [6, 6.07) is 0. The van der Waals surface area contributed by atoms with Crippen molar-refractivity contribution in [3.05, 3.63) is 0 Å². The van der Waals surface area contributed by atoms with E-state index in [1.54, 1.807) is 23.5 Å². The number of alkyl halides is 6. The lowest BCUT2D eigenvalue weighted by Crippen LogP contribution is -2.74. The second-order valence-corrected chi connectivity index (χ2v) is 8.24. The minimum atomic E-state index is -5.79. The van der Waals surface area contributed by atoms with Crippen molar-refractivity contribution >= 4 is 37.5 Å².